The molecular weight excluding hydrogens is 671 g/mol. The second kappa shape index (κ2) is 12.8. The number of morpholine rings is 1. The molecule has 2 heterocycles. The number of phenols is 1. The van der Waals surface area contributed by atoms with E-state index in [-0.39, 0.29) is 36.2 Å². The van der Waals surface area contributed by atoms with Crippen molar-refractivity contribution in [2.24, 2.45) is 23.7 Å². The Morgan fingerprint density at radius 3 is 2.15 bits per heavy atom. The van der Waals surface area contributed by atoms with Crippen molar-refractivity contribution in [3.8, 4) is 5.75 Å². The van der Waals surface area contributed by atoms with Crippen LogP contribution in [0.5, 0.6) is 5.75 Å². The third-order valence-electron chi connectivity index (χ3n) is 12.2. The first-order valence-electron chi connectivity index (χ1n) is 18.2. The van der Waals surface area contributed by atoms with Gasteiger partial charge in [0.1, 0.15) is 0 Å². The molecule has 0 aromatic heterocycles. The van der Waals surface area contributed by atoms with Crippen LogP contribution in [0.1, 0.15) is 35.4 Å². The molecule has 9 heteroatoms. The molecule has 5 aliphatic rings. The summed E-state index contributed by atoms with van der Waals surface area (Å²) in [4.78, 5) is 62.5. The number of fused-ring (bicyclic) bond motifs is 4. The maximum Gasteiger partial charge on any atom is 0.238 e. The minimum absolute atomic E-state index is 0.149. The van der Waals surface area contributed by atoms with Crippen LogP contribution >= 0.6 is 0 Å². The normalized spacial score (nSPS) is 28.2. The summed E-state index contributed by atoms with van der Waals surface area (Å²) in [6.07, 6.45) is 3.79. The lowest BCUT2D eigenvalue weighted by Crippen LogP contribution is -2.58. The lowest BCUT2D eigenvalue weighted by molar-refractivity contribution is -0.135. The summed E-state index contributed by atoms with van der Waals surface area (Å²) < 4.78 is 20.8. The second-order valence-corrected chi connectivity index (χ2v) is 14.6. The second-order valence-electron chi connectivity index (χ2n) is 14.6. The molecule has 4 aromatic carbocycles. The highest BCUT2D eigenvalue weighted by Gasteiger charge is 2.66. The molecule has 53 heavy (non-hydrogen) atoms. The number of carbonyl (C=O) groups excluding carboxylic acids is 4. The van der Waals surface area contributed by atoms with E-state index < -0.39 is 46.6 Å². The van der Waals surface area contributed by atoms with Crippen LogP contribution in [0.15, 0.2) is 121 Å². The molecule has 2 amide bonds. The van der Waals surface area contributed by atoms with E-state index in [1.165, 1.54) is 23.1 Å². The lowest BCUT2D eigenvalue weighted by atomic mass is 9.44. The number of aromatic hydroxyl groups is 1. The van der Waals surface area contributed by atoms with Crippen molar-refractivity contribution in [1.82, 2.24) is 0 Å². The molecule has 0 radical (unpaired) electrons. The van der Waals surface area contributed by atoms with Gasteiger partial charge in [0.05, 0.1) is 36.2 Å². The number of phenolic OH excluding ortho intramolecular Hbond substituents is 1. The van der Waals surface area contributed by atoms with Crippen molar-refractivity contribution < 1.29 is 33.4 Å². The third-order valence-corrected chi connectivity index (χ3v) is 12.2. The van der Waals surface area contributed by atoms with Crippen LogP contribution in [0.4, 0.5) is 15.8 Å². The average molecular weight is 709 g/mol. The van der Waals surface area contributed by atoms with Gasteiger partial charge >= 0.3 is 0 Å². The molecule has 1 saturated carbocycles. The predicted octanol–water partition coefficient (Wildman–Crippen LogP) is 6.40. The first-order chi connectivity index (χ1) is 25.8. The highest BCUT2D eigenvalue weighted by molar-refractivity contribution is 6.32. The van der Waals surface area contributed by atoms with Gasteiger partial charge in [0, 0.05) is 36.2 Å². The smallest absolute Gasteiger partial charge is 0.238 e. The van der Waals surface area contributed by atoms with Gasteiger partial charge in [0.25, 0.3) is 0 Å². The van der Waals surface area contributed by atoms with Gasteiger partial charge in [-0.2, -0.15) is 0 Å². The van der Waals surface area contributed by atoms with Crippen LogP contribution in [0.3, 0.4) is 0 Å². The molecule has 2 saturated heterocycles. The monoisotopic (exact) mass is 708 g/mol. The minimum Gasteiger partial charge on any atom is -0.505 e. The summed E-state index contributed by atoms with van der Waals surface area (Å²) in [7, 11) is 0. The van der Waals surface area contributed by atoms with Crippen molar-refractivity contribution in [3.05, 3.63) is 143 Å². The maximum absolute atomic E-state index is 15.3. The SMILES string of the molecule is O=C1C(c2ccccc2)=CC(=O)C2(c3ccccc3)C1CC1C(=CCC3C(=O)N(c4ccc(N5CCOCC5)cc4)C(=O)C31)C2c1ccc(O)c(F)c1. The number of hydrogen-bond acceptors (Lipinski definition) is 7. The van der Waals surface area contributed by atoms with E-state index in [1.807, 2.05) is 66.7 Å². The number of hydrogen-bond donors (Lipinski definition) is 1. The zero-order chi connectivity index (χ0) is 36.4. The number of ketones is 2. The lowest BCUT2D eigenvalue weighted by Gasteiger charge is -2.55. The van der Waals surface area contributed by atoms with Crippen molar-refractivity contribution in [1.29, 1.82) is 0 Å². The summed E-state index contributed by atoms with van der Waals surface area (Å²) in [5.74, 6) is -6.38. The average Bonchev–Trinajstić information content (AvgIpc) is 3.46. The molecule has 6 atom stereocenters. The first kappa shape index (κ1) is 33.2. The number of amides is 2. The first-order valence-corrected chi connectivity index (χ1v) is 18.2. The predicted molar refractivity (Wildman–Crippen MR) is 197 cm³/mol. The number of Topliss-reactive ketones (excluding diaryl/α,β-unsaturated/α-hetero) is 1. The minimum atomic E-state index is -1.48. The summed E-state index contributed by atoms with van der Waals surface area (Å²) in [5, 5.41) is 10.2. The van der Waals surface area contributed by atoms with Gasteiger partial charge in [0.15, 0.2) is 23.1 Å². The number of anilines is 2. The Kier molecular flexibility index (Phi) is 8.00. The zero-order valence-corrected chi connectivity index (χ0v) is 28.9. The number of allylic oxidation sites excluding steroid dienone is 4. The number of rotatable bonds is 5. The maximum atomic E-state index is 15.3. The van der Waals surface area contributed by atoms with E-state index in [4.69, 9.17) is 4.74 Å². The summed E-state index contributed by atoms with van der Waals surface area (Å²) in [5.41, 5.74) is 2.65. The number of imide groups is 1. The molecule has 0 bridgehead atoms. The fraction of sp³-hybridized carbons (Fsp3) is 0.273. The summed E-state index contributed by atoms with van der Waals surface area (Å²) >= 11 is 0. The third kappa shape index (κ3) is 5.05. The Hall–Kier alpha value is -5.67. The Morgan fingerprint density at radius 2 is 1.45 bits per heavy atom. The van der Waals surface area contributed by atoms with Gasteiger partial charge in [-0.25, -0.2) is 4.39 Å². The molecule has 4 aromatic rings. The number of halogens is 1. The molecule has 0 spiro atoms. The molecule has 6 unspecified atom stereocenters. The van der Waals surface area contributed by atoms with Crippen molar-refractivity contribution in [2.45, 2.75) is 24.2 Å². The van der Waals surface area contributed by atoms with Crippen LogP contribution in [-0.2, 0) is 29.3 Å². The van der Waals surface area contributed by atoms with E-state index in [0.29, 0.717) is 41.2 Å². The van der Waals surface area contributed by atoms with E-state index in [1.54, 1.807) is 30.3 Å². The molecule has 8 nitrogen and oxygen atoms in total. The molecule has 266 valence electrons. The van der Waals surface area contributed by atoms with Crippen molar-refractivity contribution >= 4 is 40.3 Å². The van der Waals surface area contributed by atoms with Crippen LogP contribution in [0.2, 0.25) is 0 Å². The van der Waals surface area contributed by atoms with Crippen LogP contribution in [-0.4, -0.2) is 54.8 Å². The van der Waals surface area contributed by atoms with Crippen LogP contribution in [0.25, 0.3) is 5.57 Å². The standard InChI is InChI=1S/C44H37FN2O6/c45-36-23-27(11-18-37(36)48)40-31-16-17-32-39(43(52)47(42(32)51)30-14-12-29(13-15-30)46-19-21-53-22-20-46)34(31)24-35-41(50)33(26-7-3-1-4-8-26)25-38(49)44(35,40)28-9-5-2-6-10-28/h1-16,18,23,25,32,34-35,39-40,48H,17,19-22,24H2. The quantitative estimate of drug-likeness (QED) is 0.189. The van der Waals surface area contributed by atoms with Crippen molar-refractivity contribution in [2.75, 3.05) is 36.1 Å². The Labute approximate surface area is 306 Å². The van der Waals surface area contributed by atoms with Crippen LogP contribution < -0.4 is 9.80 Å². The van der Waals surface area contributed by atoms with Crippen molar-refractivity contribution in [3.63, 3.8) is 0 Å². The highest BCUT2D eigenvalue weighted by atomic mass is 19.1. The summed E-state index contributed by atoms with van der Waals surface area (Å²) in [6.45, 7) is 2.76. The molecule has 1 N–H and O–H groups in total. The Balaban J connectivity index is 1.19. The highest BCUT2D eigenvalue weighted by Crippen LogP contribution is 2.63. The molecule has 3 fully saturated rings. The topological polar surface area (TPSA) is 104 Å². The van der Waals surface area contributed by atoms with Gasteiger partial charge in [0.2, 0.25) is 11.8 Å². The molecular formula is C44H37FN2O6. The number of nitrogens with zero attached hydrogens (tertiary/aromatic N) is 2. The largest absolute Gasteiger partial charge is 0.505 e. The molecule has 3 aliphatic carbocycles. The van der Waals surface area contributed by atoms with Gasteiger partial charge in [-0.15, -0.1) is 0 Å². The summed E-state index contributed by atoms with van der Waals surface area (Å²) in [6, 6.07) is 29.7. The zero-order valence-electron chi connectivity index (χ0n) is 28.9. The van der Waals surface area contributed by atoms with Gasteiger partial charge in [-0.3, -0.25) is 24.1 Å². The molecule has 9 rings (SSSR count). The van der Waals surface area contributed by atoms with E-state index in [2.05, 4.69) is 4.90 Å². The Bertz CT molecular complexity index is 2210. The van der Waals surface area contributed by atoms with E-state index in [0.717, 1.165) is 24.4 Å². The van der Waals surface area contributed by atoms with Gasteiger partial charge < -0.3 is 14.7 Å². The number of carbonyl (C=O) groups is 4. The fourth-order valence-corrected chi connectivity index (χ4v) is 9.84. The van der Waals surface area contributed by atoms with E-state index in [9.17, 15) is 14.7 Å². The van der Waals surface area contributed by atoms with Crippen LogP contribution in [0, 0.1) is 29.5 Å². The molecule has 2 aliphatic heterocycles. The van der Waals surface area contributed by atoms with Gasteiger partial charge in [-0.1, -0.05) is 78.4 Å². The van der Waals surface area contributed by atoms with E-state index >= 15 is 14.0 Å². The number of benzene rings is 4. The van der Waals surface area contributed by atoms with Gasteiger partial charge in [-0.05, 0) is 77.9 Å². The number of ether oxygens (including phenoxy) is 1. The fourth-order valence-electron chi connectivity index (χ4n) is 9.84. The Morgan fingerprint density at radius 1 is 0.774 bits per heavy atom.